The fourth-order valence-electron chi connectivity index (χ4n) is 2.46. The summed E-state index contributed by atoms with van der Waals surface area (Å²) in [7, 11) is 3.99. The number of hydrogen-bond donors (Lipinski definition) is 0. The van der Waals surface area contributed by atoms with Crippen molar-refractivity contribution >= 4 is 35.0 Å². The van der Waals surface area contributed by atoms with Crippen LogP contribution in [0.3, 0.4) is 0 Å². The molecule has 0 bridgehead atoms. The quantitative estimate of drug-likeness (QED) is 0.751. The maximum atomic E-state index is 6.32. The van der Waals surface area contributed by atoms with Crippen molar-refractivity contribution < 1.29 is 0 Å². The lowest BCUT2D eigenvalue weighted by atomic mass is 10.0. The molecule has 100 valence electrons. The van der Waals surface area contributed by atoms with Crippen LogP contribution in [0, 0.1) is 0 Å². The van der Waals surface area contributed by atoms with Gasteiger partial charge in [-0.15, -0.1) is 0 Å². The lowest BCUT2D eigenvalue weighted by Gasteiger charge is -2.14. The largest absolute Gasteiger partial charge is 0.376 e. The zero-order valence-corrected chi connectivity index (χ0v) is 12.4. The predicted molar refractivity (Wildman–Crippen MR) is 89.1 cm³/mol. The summed E-state index contributed by atoms with van der Waals surface area (Å²) in [6, 6.07) is 14.6. The lowest BCUT2D eigenvalue weighted by Crippen LogP contribution is -2.08. The first-order chi connectivity index (χ1) is 9.65. The van der Waals surface area contributed by atoms with Crippen molar-refractivity contribution in [3.05, 3.63) is 70.3 Å². The van der Waals surface area contributed by atoms with E-state index in [1.807, 2.05) is 25.1 Å². The number of halogens is 1. The molecule has 0 atom stereocenters. The number of rotatable bonds is 2. The van der Waals surface area contributed by atoms with E-state index < -0.39 is 0 Å². The molecule has 2 aromatic carbocycles. The summed E-state index contributed by atoms with van der Waals surface area (Å²) >= 11 is 6.32. The Morgan fingerprint density at radius 2 is 1.80 bits per heavy atom. The topological polar surface area (TPSA) is 3.24 Å². The van der Waals surface area contributed by atoms with Crippen LogP contribution in [0.25, 0.3) is 17.7 Å². The van der Waals surface area contributed by atoms with E-state index in [-0.39, 0.29) is 0 Å². The second-order valence-corrected chi connectivity index (χ2v) is 5.53. The van der Waals surface area contributed by atoms with Crippen molar-refractivity contribution in [2.24, 2.45) is 0 Å². The molecule has 0 heterocycles. The van der Waals surface area contributed by atoms with Gasteiger partial charge in [0, 0.05) is 14.1 Å². The smallest absolute Gasteiger partial charge is 0.0645 e. The SMILES string of the molecule is CN(C)c1ccc(/C=C2\C=Cc3ccccc32)cc1Cl. The van der Waals surface area contributed by atoms with E-state index in [1.54, 1.807) is 0 Å². The highest BCUT2D eigenvalue weighted by Crippen LogP contribution is 2.32. The highest BCUT2D eigenvalue weighted by Gasteiger charge is 2.09. The molecule has 0 aliphatic heterocycles. The molecule has 0 amide bonds. The predicted octanol–water partition coefficient (Wildman–Crippen LogP) is 4.97. The van der Waals surface area contributed by atoms with Gasteiger partial charge in [0.2, 0.25) is 0 Å². The molecular formula is C18H16ClN. The molecule has 1 aliphatic carbocycles. The summed E-state index contributed by atoms with van der Waals surface area (Å²) in [4.78, 5) is 2.02. The molecular weight excluding hydrogens is 266 g/mol. The van der Waals surface area contributed by atoms with Gasteiger partial charge in [0.05, 0.1) is 10.7 Å². The molecule has 1 aliphatic rings. The minimum atomic E-state index is 0.777. The summed E-state index contributed by atoms with van der Waals surface area (Å²) < 4.78 is 0. The van der Waals surface area contributed by atoms with Gasteiger partial charge in [-0.25, -0.2) is 0 Å². The monoisotopic (exact) mass is 281 g/mol. The number of fused-ring (bicyclic) bond motifs is 1. The molecule has 0 spiro atoms. The maximum absolute atomic E-state index is 6.32. The Bertz CT molecular complexity index is 711. The summed E-state index contributed by atoms with van der Waals surface area (Å²) in [5.41, 5.74) is 5.94. The molecule has 1 nitrogen and oxygen atoms in total. The molecule has 3 rings (SSSR count). The molecule has 0 N–H and O–H groups in total. The van der Waals surface area contributed by atoms with Crippen LogP contribution >= 0.6 is 11.6 Å². The van der Waals surface area contributed by atoms with Crippen molar-refractivity contribution in [3.63, 3.8) is 0 Å². The van der Waals surface area contributed by atoms with Crippen molar-refractivity contribution in [2.75, 3.05) is 19.0 Å². The Balaban J connectivity index is 1.98. The molecule has 0 aromatic heterocycles. The third-order valence-corrected chi connectivity index (χ3v) is 3.79. The molecule has 2 heteroatoms. The number of allylic oxidation sites excluding steroid dienone is 2. The van der Waals surface area contributed by atoms with Gasteiger partial charge in [-0.05, 0) is 40.5 Å². The Labute approximate surface area is 124 Å². The average molecular weight is 282 g/mol. The van der Waals surface area contributed by atoms with Gasteiger partial charge in [-0.2, -0.15) is 0 Å². The fraction of sp³-hybridized carbons (Fsp3) is 0.111. The van der Waals surface area contributed by atoms with Gasteiger partial charge in [0.25, 0.3) is 0 Å². The van der Waals surface area contributed by atoms with Crippen molar-refractivity contribution in [3.8, 4) is 0 Å². The number of hydrogen-bond acceptors (Lipinski definition) is 1. The second kappa shape index (κ2) is 5.18. The normalized spacial score (nSPS) is 14.7. The maximum Gasteiger partial charge on any atom is 0.0645 e. The van der Waals surface area contributed by atoms with Crippen LogP contribution in [0.15, 0.2) is 48.5 Å². The van der Waals surface area contributed by atoms with Crippen LogP contribution in [-0.2, 0) is 0 Å². The third kappa shape index (κ3) is 2.37. The highest BCUT2D eigenvalue weighted by atomic mass is 35.5. The Kier molecular flexibility index (Phi) is 3.37. The molecule has 2 aromatic rings. The Morgan fingerprint density at radius 3 is 2.55 bits per heavy atom. The van der Waals surface area contributed by atoms with Crippen LogP contribution < -0.4 is 4.90 Å². The highest BCUT2D eigenvalue weighted by molar-refractivity contribution is 6.33. The van der Waals surface area contributed by atoms with Crippen molar-refractivity contribution in [2.45, 2.75) is 0 Å². The van der Waals surface area contributed by atoms with Gasteiger partial charge in [0.1, 0.15) is 0 Å². The summed E-state index contributed by atoms with van der Waals surface area (Å²) in [6.45, 7) is 0. The molecule has 0 radical (unpaired) electrons. The number of anilines is 1. The van der Waals surface area contributed by atoms with E-state index in [2.05, 4.69) is 54.6 Å². The van der Waals surface area contributed by atoms with Crippen LogP contribution in [0.5, 0.6) is 0 Å². The lowest BCUT2D eigenvalue weighted by molar-refractivity contribution is 1.13. The first-order valence-electron chi connectivity index (χ1n) is 6.61. The fourth-order valence-corrected chi connectivity index (χ4v) is 2.81. The van der Waals surface area contributed by atoms with Crippen molar-refractivity contribution in [1.82, 2.24) is 0 Å². The van der Waals surface area contributed by atoms with Gasteiger partial charge in [0.15, 0.2) is 0 Å². The average Bonchev–Trinajstić information content (AvgIpc) is 2.82. The van der Waals surface area contributed by atoms with Gasteiger partial charge < -0.3 is 4.90 Å². The number of nitrogens with zero attached hydrogens (tertiary/aromatic N) is 1. The first kappa shape index (κ1) is 13.0. The standard InChI is InChI=1S/C18H16ClN/c1-20(2)18-10-7-13(12-17(18)19)11-15-9-8-14-5-3-4-6-16(14)15/h3-12H,1-2H3/b15-11+. The Morgan fingerprint density at radius 1 is 1.00 bits per heavy atom. The molecule has 0 saturated heterocycles. The van der Waals surface area contributed by atoms with E-state index in [1.165, 1.54) is 16.7 Å². The van der Waals surface area contributed by atoms with Crippen LogP contribution in [-0.4, -0.2) is 14.1 Å². The minimum Gasteiger partial charge on any atom is -0.376 e. The van der Waals surface area contributed by atoms with E-state index >= 15 is 0 Å². The zero-order chi connectivity index (χ0) is 14.1. The van der Waals surface area contributed by atoms with Crippen LogP contribution in [0.4, 0.5) is 5.69 Å². The zero-order valence-electron chi connectivity index (χ0n) is 11.6. The first-order valence-corrected chi connectivity index (χ1v) is 6.99. The summed E-state index contributed by atoms with van der Waals surface area (Å²) in [5.74, 6) is 0. The molecule has 0 fully saturated rings. The van der Waals surface area contributed by atoms with Gasteiger partial charge in [-0.1, -0.05) is 54.1 Å². The third-order valence-electron chi connectivity index (χ3n) is 3.49. The molecule has 0 saturated carbocycles. The number of benzene rings is 2. The summed E-state index contributed by atoms with van der Waals surface area (Å²) in [5, 5.41) is 0.777. The second-order valence-electron chi connectivity index (χ2n) is 5.13. The molecule has 20 heavy (non-hydrogen) atoms. The van der Waals surface area contributed by atoms with E-state index in [0.717, 1.165) is 16.3 Å². The van der Waals surface area contributed by atoms with Gasteiger partial charge in [-0.3, -0.25) is 0 Å². The van der Waals surface area contributed by atoms with E-state index in [9.17, 15) is 0 Å². The van der Waals surface area contributed by atoms with E-state index in [0.29, 0.717) is 0 Å². The Hall–Kier alpha value is -1.99. The van der Waals surface area contributed by atoms with Crippen LogP contribution in [0.1, 0.15) is 16.7 Å². The summed E-state index contributed by atoms with van der Waals surface area (Å²) in [6.07, 6.45) is 6.48. The molecule has 0 unspecified atom stereocenters. The minimum absolute atomic E-state index is 0.777. The van der Waals surface area contributed by atoms with E-state index in [4.69, 9.17) is 11.6 Å². The van der Waals surface area contributed by atoms with Crippen molar-refractivity contribution in [1.29, 1.82) is 0 Å². The van der Waals surface area contributed by atoms with Crippen LogP contribution in [0.2, 0.25) is 5.02 Å². The van der Waals surface area contributed by atoms with Gasteiger partial charge >= 0.3 is 0 Å².